The molecule has 0 spiro atoms. The first-order chi connectivity index (χ1) is 13.2. The molecule has 1 atom stereocenters. The summed E-state index contributed by atoms with van der Waals surface area (Å²) in [6.07, 6.45) is 0. The van der Waals surface area contributed by atoms with E-state index in [-0.39, 0.29) is 5.92 Å². The fourth-order valence-electron chi connectivity index (χ4n) is 4.13. The summed E-state index contributed by atoms with van der Waals surface area (Å²) < 4.78 is 11.6. The summed E-state index contributed by atoms with van der Waals surface area (Å²) in [6, 6.07) is 23.2. The molecule has 134 valence electrons. The second-order valence-electron chi connectivity index (χ2n) is 7.11. The van der Waals surface area contributed by atoms with Crippen LogP contribution in [0.1, 0.15) is 28.2 Å². The maximum atomic E-state index is 6.12. The molecule has 0 aliphatic carbocycles. The van der Waals surface area contributed by atoms with Gasteiger partial charge in [-0.3, -0.25) is 0 Å². The highest BCUT2D eigenvalue weighted by Gasteiger charge is 2.33. The summed E-state index contributed by atoms with van der Waals surface area (Å²) in [5.74, 6) is 1.95. The third-order valence-corrected chi connectivity index (χ3v) is 5.41. The van der Waals surface area contributed by atoms with Gasteiger partial charge in [0.2, 0.25) is 0 Å². The Kier molecular flexibility index (Phi) is 3.68. The van der Waals surface area contributed by atoms with Crippen LogP contribution in [-0.2, 0) is 0 Å². The molecule has 3 aromatic carbocycles. The second kappa shape index (κ2) is 6.20. The van der Waals surface area contributed by atoms with Crippen LogP contribution in [0.25, 0.3) is 5.70 Å². The Morgan fingerprint density at radius 3 is 2.78 bits per heavy atom. The number of benzene rings is 3. The third-order valence-electron chi connectivity index (χ3n) is 5.41. The average Bonchev–Trinajstić information content (AvgIpc) is 2.72. The molecule has 1 unspecified atom stereocenters. The number of rotatable bonds is 2. The van der Waals surface area contributed by atoms with Crippen molar-refractivity contribution in [2.24, 2.45) is 0 Å². The van der Waals surface area contributed by atoms with Crippen LogP contribution >= 0.6 is 0 Å². The highest BCUT2D eigenvalue weighted by molar-refractivity contribution is 5.89. The SMILES string of the molecule is COc1cccc(C2C3=C(Nc4ccc(C)cc42)c2ccccc2OC3)c1. The van der Waals surface area contributed by atoms with Crippen LogP contribution in [0.5, 0.6) is 11.5 Å². The van der Waals surface area contributed by atoms with Gasteiger partial charge in [-0.2, -0.15) is 0 Å². The maximum Gasteiger partial charge on any atom is 0.129 e. The van der Waals surface area contributed by atoms with Gasteiger partial charge >= 0.3 is 0 Å². The number of methoxy groups -OCH3 is 1. The zero-order valence-corrected chi connectivity index (χ0v) is 15.5. The van der Waals surface area contributed by atoms with Crippen LogP contribution in [0.2, 0.25) is 0 Å². The smallest absolute Gasteiger partial charge is 0.129 e. The molecule has 3 heteroatoms. The Labute approximate surface area is 159 Å². The normalized spacial score (nSPS) is 17.2. The summed E-state index contributed by atoms with van der Waals surface area (Å²) in [7, 11) is 1.71. The van der Waals surface area contributed by atoms with Crippen LogP contribution in [0.15, 0.2) is 72.3 Å². The Morgan fingerprint density at radius 2 is 1.89 bits per heavy atom. The van der Waals surface area contributed by atoms with E-state index in [2.05, 4.69) is 60.8 Å². The standard InChI is InChI=1S/C24H21NO2/c1-15-10-11-21-19(12-15)23(16-6-5-7-17(13-16)26-2)20-14-27-22-9-4-3-8-18(22)24(20)25-21/h3-13,23,25H,14H2,1-2H3. The molecule has 0 bridgehead atoms. The summed E-state index contributed by atoms with van der Waals surface area (Å²) in [6.45, 7) is 2.72. The van der Waals surface area contributed by atoms with Gasteiger partial charge in [0.05, 0.1) is 12.8 Å². The third kappa shape index (κ3) is 2.58. The fourth-order valence-corrected chi connectivity index (χ4v) is 4.13. The molecular formula is C24H21NO2. The summed E-state index contributed by atoms with van der Waals surface area (Å²) in [5.41, 5.74) is 8.47. The lowest BCUT2D eigenvalue weighted by Crippen LogP contribution is -2.25. The zero-order valence-electron chi connectivity index (χ0n) is 15.5. The van der Waals surface area contributed by atoms with E-state index < -0.39 is 0 Å². The van der Waals surface area contributed by atoms with E-state index in [9.17, 15) is 0 Å². The largest absolute Gasteiger partial charge is 0.497 e. The van der Waals surface area contributed by atoms with E-state index in [1.165, 1.54) is 28.0 Å². The first-order valence-corrected chi connectivity index (χ1v) is 9.21. The number of aryl methyl sites for hydroxylation is 1. The Balaban J connectivity index is 1.75. The number of anilines is 1. The number of hydrogen-bond acceptors (Lipinski definition) is 3. The van der Waals surface area contributed by atoms with Gasteiger partial charge in [0.25, 0.3) is 0 Å². The highest BCUT2D eigenvalue weighted by atomic mass is 16.5. The van der Waals surface area contributed by atoms with Crippen LogP contribution in [-0.4, -0.2) is 13.7 Å². The summed E-state index contributed by atoms with van der Waals surface area (Å²) in [4.78, 5) is 0. The van der Waals surface area contributed by atoms with Gasteiger partial charge < -0.3 is 14.8 Å². The lowest BCUT2D eigenvalue weighted by atomic mass is 9.78. The van der Waals surface area contributed by atoms with Crippen LogP contribution < -0.4 is 14.8 Å². The predicted octanol–water partition coefficient (Wildman–Crippen LogP) is 5.36. The van der Waals surface area contributed by atoms with E-state index in [1.54, 1.807) is 7.11 Å². The molecule has 3 aromatic rings. The minimum Gasteiger partial charge on any atom is -0.497 e. The van der Waals surface area contributed by atoms with E-state index in [0.717, 1.165) is 22.7 Å². The highest BCUT2D eigenvalue weighted by Crippen LogP contribution is 2.48. The van der Waals surface area contributed by atoms with E-state index >= 15 is 0 Å². The lowest BCUT2D eigenvalue weighted by Gasteiger charge is -2.36. The van der Waals surface area contributed by atoms with Crippen molar-refractivity contribution in [1.29, 1.82) is 0 Å². The molecule has 0 radical (unpaired) electrons. The van der Waals surface area contributed by atoms with E-state index in [1.807, 2.05) is 18.2 Å². The van der Waals surface area contributed by atoms with Crippen molar-refractivity contribution < 1.29 is 9.47 Å². The van der Waals surface area contributed by atoms with Gasteiger partial charge in [-0.1, -0.05) is 42.0 Å². The Bertz CT molecular complexity index is 1070. The molecule has 0 fully saturated rings. The van der Waals surface area contributed by atoms with Gasteiger partial charge in [0, 0.05) is 22.7 Å². The van der Waals surface area contributed by atoms with Gasteiger partial charge in [-0.15, -0.1) is 0 Å². The fraction of sp³-hybridized carbons (Fsp3) is 0.167. The van der Waals surface area contributed by atoms with Crippen molar-refractivity contribution in [1.82, 2.24) is 0 Å². The Hall–Kier alpha value is -3.20. The van der Waals surface area contributed by atoms with Crippen molar-refractivity contribution in [2.45, 2.75) is 12.8 Å². The predicted molar refractivity (Wildman–Crippen MR) is 108 cm³/mol. The molecule has 2 heterocycles. The van der Waals surface area contributed by atoms with Crippen molar-refractivity contribution in [2.75, 3.05) is 19.0 Å². The molecule has 3 nitrogen and oxygen atoms in total. The number of ether oxygens (including phenoxy) is 2. The molecule has 0 saturated carbocycles. The number of para-hydroxylation sites is 1. The van der Waals surface area contributed by atoms with Crippen molar-refractivity contribution in [3.8, 4) is 11.5 Å². The summed E-state index contributed by atoms with van der Waals surface area (Å²) in [5, 5.41) is 3.68. The van der Waals surface area contributed by atoms with Crippen molar-refractivity contribution >= 4 is 11.4 Å². The molecule has 2 aliphatic rings. The molecule has 5 rings (SSSR count). The van der Waals surface area contributed by atoms with Gasteiger partial charge in [0.1, 0.15) is 18.1 Å². The monoisotopic (exact) mass is 355 g/mol. The number of hydrogen-bond donors (Lipinski definition) is 1. The maximum absolute atomic E-state index is 6.12. The topological polar surface area (TPSA) is 30.5 Å². The average molecular weight is 355 g/mol. The molecule has 1 N–H and O–H groups in total. The first-order valence-electron chi connectivity index (χ1n) is 9.21. The van der Waals surface area contributed by atoms with Gasteiger partial charge in [0.15, 0.2) is 0 Å². The Morgan fingerprint density at radius 1 is 1.00 bits per heavy atom. The van der Waals surface area contributed by atoms with Crippen LogP contribution in [0.4, 0.5) is 5.69 Å². The van der Waals surface area contributed by atoms with E-state index in [4.69, 9.17) is 9.47 Å². The van der Waals surface area contributed by atoms with Crippen LogP contribution in [0.3, 0.4) is 0 Å². The molecule has 0 amide bonds. The van der Waals surface area contributed by atoms with Gasteiger partial charge in [-0.05, 0) is 48.4 Å². The second-order valence-corrected chi connectivity index (χ2v) is 7.11. The molecule has 27 heavy (non-hydrogen) atoms. The quantitative estimate of drug-likeness (QED) is 0.671. The molecule has 0 saturated heterocycles. The summed E-state index contributed by atoms with van der Waals surface area (Å²) >= 11 is 0. The minimum atomic E-state index is 0.139. The lowest BCUT2D eigenvalue weighted by molar-refractivity contribution is 0.339. The zero-order chi connectivity index (χ0) is 18.4. The number of nitrogens with one attached hydrogen (secondary N) is 1. The van der Waals surface area contributed by atoms with E-state index in [0.29, 0.717) is 6.61 Å². The minimum absolute atomic E-state index is 0.139. The van der Waals surface area contributed by atoms with Crippen LogP contribution in [0, 0.1) is 6.92 Å². The van der Waals surface area contributed by atoms with Crippen molar-refractivity contribution in [3.05, 3.63) is 94.6 Å². The molecule has 2 aliphatic heterocycles. The molecular weight excluding hydrogens is 334 g/mol. The van der Waals surface area contributed by atoms with Crippen molar-refractivity contribution in [3.63, 3.8) is 0 Å². The molecule has 0 aromatic heterocycles. The first kappa shape index (κ1) is 16.0. The number of fused-ring (bicyclic) bond motifs is 3. The van der Waals surface area contributed by atoms with Gasteiger partial charge in [-0.25, -0.2) is 0 Å².